The van der Waals surface area contributed by atoms with Gasteiger partial charge in [-0.3, -0.25) is 9.20 Å². The third-order valence-electron chi connectivity index (χ3n) is 3.80. The molecule has 0 unspecified atom stereocenters. The molecule has 0 fully saturated rings. The van der Waals surface area contributed by atoms with Crippen molar-refractivity contribution in [3.05, 3.63) is 82.0 Å². The molecule has 6 nitrogen and oxygen atoms in total. The standard InChI is InChI=1S/C17H15N3O3S/c21-16-9-13(18-17-20(16)5-8-24-17)10-19(11-14-3-1-6-22-14)12-15-4-2-7-23-15/h1-9H,10-12H2/p+1. The lowest BCUT2D eigenvalue weighted by molar-refractivity contribution is -0.943. The number of aromatic nitrogens is 2. The summed E-state index contributed by atoms with van der Waals surface area (Å²) in [5, 5.41) is 1.86. The molecule has 0 aliphatic heterocycles. The number of quaternary nitrogens is 1. The Hall–Kier alpha value is -2.64. The van der Waals surface area contributed by atoms with Gasteiger partial charge in [0, 0.05) is 17.6 Å². The van der Waals surface area contributed by atoms with E-state index in [0.717, 1.165) is 17.2 Å². The second-order valence-corrected chi connectivity index (χ2v) is 6.45. The van der Waals surface area contributed by atoms with E-state index in [1.165, 1.54) is 16.2 Å². The smallest absolute Gasteiger partial charge is 0.258 e. The average Bonchev–Trinajstić information content (AvgIpc) is 3.28. The molecule has 24 heavy (non-hydrogen) atoms. The van der Waals surface area contributed by atoms with Crippen molar-refractivity contribution < 1.29 is 13.7 Å². The van der Waals surface area contributed by atoms with Gasteiger partial charge in [-0.25, -0.2) is 4.98 Å². The molecule has 0 saturated heterocycles. The third kappa shape index (κ3) is 3.17. The SMILES string of the molecule is O=c1cc(C[NH+](Cc2ccco2)Cc2ccco2)nc2sccn12. The van der Waals surface area contributed by atoms with Crippen molar-refractivity contribution in [3.63, 3.8) is 0 Å². The molecule has 0 saturated carbocycles. The molecule has 0 aliphatic carbocycles. The van der Waals surface area contributed by atoms with Crippen molar-refractivity contribution in [2.75, 3.05) is 0 Å². The Bertz CT molecular complexity index is 934. The van der Waals surface area contributed by atoms with Crippen LogP contribution in [0.15, 0.2) is 68.1 Å². The fourth-order valence-electron chi connectivity index (χ4n) is 2.74. The van der Waals surface area contributed by atoms with Crippen LogP contribution in [0.5, 0.6) is 0 Å². The van der Waals surface area contributed by atoms with Crippen molar-refractivity contribution in [3.8, 4) is 0 Å². The zero-order valence-electron chi connectivity index (χ0n) is 12.8. The summed E-state index contributed by atoms with van der Waals surface area (Å²) in [6.07, 6.45) is 5.08. The Morgan fingerprint density at radius 2 is 1.79 bits per heavy atom. The van der Waals surface area contributed by atoms with Crippen LogP contribution in [0.1, 0.15) is 17.2 Å². The normalized spacial score (nSPS) is 11.5. The summed E-state index contributed by atoms with van der Waals surface area (Å²) in [6.45, 7) is 2.00. The van der Waals surface area contributed by atoms with E-state index in [1.807, 2.05) is 29.6 Å². The molecule has 7 heteroatoms. The minimum Gasteiger partial charge on any atom is -0.463 e. The van der Waals surface area contributed by atoms with Gasteiger partial charge in [-0.05, 0) is 24.3 Å². The molecule has 122 valence electrons. The highest BCUT2D eigenvalue weighted by molar-refractivity contribution is 7.15. The van der Waals surface area contributed by atoms with Crippen LogP contribution in [-0.2, 0) is 19.6 Å². The van der Waals surface area contributed by atoms with Crippen LogP contribution in [0.25, 0.3) is 4.96 Å². The fraction of sp³-hybridized carbons (Fsp3) is 0.176. The number of nitrogens with one attached hydrogen (secondary N) is 1. The molecule has 4 aromatic heterocycles. The van der Waals surface area contributed by atoms with Gasteiger partial charge in [0.25, 0.3) is 5.56 Å². The number of furan rings is 2. The molecule has 0 aliphatic rings. The Morgan fingerprint density at radius 3 is 2.42 bits per heavy atom. The Labute approximate surface area is 141 Å². The van der Waals surface area contributed by atoms with E-state index in [9.17, 15) is 4.79 Å². The van der Waals surface area contributed by atoms with Gasteiger partial charge < -0.3 is 13.7 Å². The van der Waals surface area contributed by atoms with Gasteiger partial charge >= 0.3 is 0 Å². The Morgan fingerprint density at radius 1 is 1.08 bits per heavy atom. The van der Waals surface area contributed by atoms with E-state index < -0.39 is 0 Å². The van der Waals surface area contributed by atoms with E-state index in [2.05, 4.69) is 4.98 Å². The average molecular weight is 342 g/mol. The predicted octanol–water partition coefficient (Wildman–Crippen LogP) is 1.73. The first-order valence-corrected chi connectivity index (χ1v) is 8.50. The van der Waals surface area contributed by atoms with Crippen LogP contribution in [0.2, 0.25) is 0 Å². The number of hydrogen-bond donors (Lipinski definition) is 1. The Kier molecular flexibility index (Phi) is 4.02. The van der Waals surface area contributed by atoms with Crippen molar-refractivity contribution in [2.24, 2.45) is 0 Å². The molecule has 4 heterocycles. The maximum Gasteiger partial charge on any atom is 0.258 e. The minimum absolute atomic E-state index is 0.0494. The highest BCUT2D eigenvalue weighted by atomic mass is 32.1. The van der Waals surface area contributed by atoms with Crippen LogP contribution in [-0.4, -0.2) is 9.38 Å². The summed E-state index contributed by atoms with van der Waals surface area (Å²) in [7, 11) is 0. The zero-order chi connectivity index (χ0) is 16.4. The molecule has 0 aromatic carbocycles. The fourth-order valence-corrected chi connectivity index (χ4v) is 3.48. The van der Waals surface area contributed by atoms with Crippen LogP contribution >= 0.6 is 11.3 Å². The van der Waals surface area contributed by atoms with Gasteiger partial charge in [-0.15, -0.1) is 11.3 Å². The van der Waals surface area contributed by atoms with Gasteiger partial charge in [-0.1, -0.05) is 0 Å². The van der Waals surface area contributed by atoms with Crippen molar-refractivity contribution in [1.82, 2.24) is 9.38 Å². The first kappa shape index (κ1) is 14.9. The molecular weight excluding hydrogens is 326 g/mol. The second-order valence-electron chi connectivity index (χ2n) is 5.58. The lowest BCUT2D eigenvalue weighted by Crippen LogP contribution is -3.08. The van der Waals surface area contributed by atoms with E-state index in [1.54, 1.807) is 29.2 Å². The van der Waals surface area contributed by atoms with Crippen molar-refractivity contribution in [1.29, 1.82) is 0 Å². The first-order chi connectivity index (χ1) is 11.8. The topological polar surface area (TPSA) is 65.1 Å². The summed E-state index contributed by atoms with van der Waals surface area (Å²) in [5.41, 5.74) is 0.724. The largest absolute Gasteiger partial charge is 0.463 e. The Balaban J connectivity index is 1.60. The lowest BCUT2D eigenvalue weighted by atomic mass is 10.3. The van der Waals surface area contributed by atoms with Gasteiger partial charge in [0.1, 0.15) is 25.3 Å². The van der Waals surface area contributed by atoms with E-state index in [4.69, 9.17) is 8.83 Å². The number of hydrogen-bond acceptors (Lipinski definition) is 5. The van der Waals surface area contributed by atoms with Gasteiger partial charge in [0.2, 0.25) is 0 Å². The van der Waals surface area contributed by atoms with Crippen LogP contribution < -0.4 is 10.5 Å². The predicted molar refractivity (Wildman–Crippen MR) is 88.8 cm³/mol. The van der Waals surface area contributed by atoms with E-state index in [0.29, 0.717) is 24.6 Å². The van der Waals surface area contributed by atoms with Crippen LogP contribution in [0.3, 0.4) is 0 Å². The van der Waals surface area contributed by atoms with Crippen molar-refractivity contribution in [2.45, 2.75) is 19.6 Å². The van der Waals surface area contributed by atoms with Crippen LogP contribution in [0, 0.1) is 0 Å². The molecule has 0 radical (unpaired) electrons. The maximum atomic E-state index is 12.2. The highest BCUT2D eigenvalue weighted by Gasteiger charge is 2.17. The number of thiazole rings is 1. The molecule has 0 spiro atoms. The van der Waals surface area contributed by atoms with Crippen molar-refractivity contribution >= 4 is 16.3 Å². The van der Waals surface area contributed by atoms with E-state index >= 15 is 0 Å². The molecule has 1 N–H and O–H groups in total. The quantitative estimate of drug-likeness (QED) is 0.580. The number of nitrogens with zero attached hydrogens (tertiary/aromatic N) is 2. The highest BCUT2D eigenvalue weighted by Crippen LogP contribution is 2.06. The van der Waals surface area contributed by atoms with Gasteiger partial charge in [-0.2, -0.15) is 0 Å². The first-order valence-electron chi connectivity index (χ1n) is 7.62. The molecule has 0 bridgehead atoms. The monoisotopic (exact) mass is 342 g/mol. The molecule has 0 atom stereocenters. The summed E-state index contributed by atoms with van der Waals surface area (Å²) in [5.74, 6) is 1.79. The third-order valence-corrected chi connectivity index (χ3v) is 4.55. The van der Waals surface area contributed by atoms with Gasteiger partial charge in [0.05, 0.1) is 12.5 Å². The summed E-state index contributed by atoms with van der Waals surface area (Å²) in [4.78, 5) is 18.7. The number of fused-ring (bicyclic) bond motifs is 1. The summed E-state index contributed by atoms with van der Waals surface area (Å²) >= 11 is 1.46. The van der Waals surface area contributed by atoms with Crippen LogP contribution in [0.4, 0.5) is 0 Å². The van der Waals surface area contributed by atoms with E-state index in [-0.39, 0.29) is 5.56 Å². The molecule has 4 aromatic rings. The molecule has 0 amide bonds. The minimum atomic E-state index is -0.0494. The zero-order valence-corrected chi connectivity index (χ0v) is 13.7. The maximum absolute atomic E-state index is 12.2. The summed E-state index contributed by atoms with van der Waals surface area (Å²) in [6, 6.07) is 9.26. The molecular formula is C17H16N3O3S+. The summed E-state index contributed by atoms with van der Waals surface area (Å²) < 4.78 is 12.5. The number of rotatable bonds is 6. The second kappa shape index (κ2) is 6.46. The molecule has 4 rings (SSSR count). The van der Waals surface area contributed by atoms with Gasteiger partial charge in [0.15, 0.2) is 16.5 Å². The lowest BCUT2D eigenvalue weighted by Gasteiger charge is -2.17.